The molecule has 4 nitrogen and oxygen atoms in total. The van der Waals surface area contributed by atoms with Gasteiger partial charge in [-0.25, -0.2) is 0 Å². The standard InChI is InChI=1S/C31H48O4/c1-18(2)19(3)9-10-20(27(34)35)23-17-26(33)31(8)22-11-12-24-28(4,5)25(32)14-15-29(24,6)21(22)13-16-30(23,31)7/h18,20,23-24,26,33H,3,9-17H2,1-2,4-8H3,(H,34,35)/t20-,23-,24+,26+,29-,30-,31-/m1/s1. The first-order valence-corrected chi connectivity index (χ1v) is 14.0. The molecule has 0 aromatic rings. The Bertz CT molecular complexity index is 957. The molecule has 0 saturated heterocycles. The van der Waals surface area contributed by atoms with Crippen molar-refractivity contribution in [2.45, 2.75) is 112 Å². The van der Waals surface area contributed by atoms with E-state index in [2.05, 4.69) is 55.0 Å². The number of aliphatic carboxylic acids is 1. The molecule has 2 N–H and O–H groups in total. The summed E-state index contributed by atoms with van der Waals surface area (Å²) in [5.74, 6) is -0.164. The van der Waals surface area contributed by atoms with E-state index in [1.807, 2.05) is 0 Å². The van der Waals surface area contributed by atoms with Crippen molar-refractivity contribution in [2.24, 2.45) is 45.3 Å². The van der Waals surface area contributed by atoms with Crippen molar-refractivity contribution < 1.29 is 19.8 Å². The average molecular weight is 485 g/mol. The number of ketones is 1. The second-order valence-corrected chi connectivity index (χ2v) is 13.9. The van der Waals surface area contributed by atoms with Gasteiger partial charge in [0.1, 0.15) is 5.78 Å². The van der Waals surface area contributed by atoms with Crippen LogP contribution in [0.4, 0.5) is 0 Å². The number of rotatable bonds is 6. The molecule has 4 rings (SSSR count). The number of allylic oxidation sites excluding steroid dienone is 2. The highest BCUT2D eigenvalue weighted by Crippen LogP contribution is 2.72. The third-order valence-electron chi connectivity index (χ3n) is 12.0. The van der Waals surface area contributed by atoms with E-state index in [-0.39, 0.29) is 22.2 Å². The number of carbonyl (C=O) groups is 2. The number of fused-ring (bicyclic) bond motifs is 4. The molecule has 2 saturated carbocycles. The molecule has 0 unspecified atom stereocenters. The number of aliphatic hydroxyl groups is 1. The summed E-state index contributed by atoms with van der Waals surface area (Å²) in [6, 6.07) is 0. The molecule has 0 heterocycles. The van der Waals surface area contributed by atoms with Crippen molar-refractivity contribution in [3.8, 4) is 0 Å². The van der Waals surface area contributed by atoms with Gasteiger partial charge in [-0.2, -0.15) is 0 Å². The van der Waals surface area contributed by atoms with Gasteiger partial charge < -0.3 is 10.2 Å². The molecule has 7 atom stereocenters. The van der Waals surface area contributed by atoms with Crippen molar-refractivity contribution in [1.82, 2.24) is 0 Å². The number of carbonyl (C=O) groups excluding carboxylic acids is 1. The Hall–Kier alpha value is -1.42. The lowest BCUT2D eigenvalue weighted by molar-refractivity contribution is -0.146. The van der Waals surface area contributed by atoms with Crippen molar-refractivity contribution in [3.63, 3.8) is 0 Å². The average Bonchev–Trinajstić information content (AvgIpc) is 2.98. The maximum atomic E-state index is 12.8. The number of aliphatic hydroxyl groups excluding tert-OH is 1. The molecule has 0 aromatic heterocycles. The Morgan fingerprint density at radius 2 is 1.71 bits per heavy atom. The Labute approximate surface area is 212 Å². The molecule has 0 bridgehead atoms. The predicted octanol–water partition coefficient (Wildman–Crippen LogP) is 6.97. The van der Waals surface area contributed by atoms with Gasteiger partial charge in [-0.1, -0.05) is 71.8 Å². The molecule has 0 aromatic carbocycles. The smallest absolute Gasteiger partial charge is 0.306 e. The highest BCUT2D eigenvalue weighted by atomic mass is 16.4. The Morgan fingerprint density at radius 3 is 2.31 bits per heavy atom. The molecule has 4 heteroatoms. The zero-order chi connectivity index (χ0) is 26.1. The summed E-state index contributed by atoms with van der Waals surface area (Å²) >= 11 is 0. The lowest BCUT2D eigenvalue weighted by Crippen LogP contribution is -2.55. The van der Waals surface area contributed by atoms with E-state index in [0.29, 0.717) is 36.9 Å². The molecule has 0 aliphatic heterocycles. The lowest BCUT2D eigenvalue weighted by atomic mass is 9.43. The number of carboxylic acid groups (broad SMARTS) is 1. The summed E-state index contributed by atoms with van der Waals surface area (Å²) in [4.78, 5) is 25.4. The second-order valence-electron chi connectivity index (χ2n) is 13.9. The Morgan fingerprint density at radius 1 is 1.06 bits per heavy atom. The zero-order valence-electron chi connectivity index (χ0n) is 23.2. The topological polar surface area (TPSA) is 74.6 Å². The van der Waals surface area contributed by atoms with Gasteiger partial charge in [0, 0.05) is 17.3 Å². The van der Waals surface area contributed by atoms with E-state index in [0.717, 1.165) is 44.1 Å². The van der Waals surface area contributed by atoms with Crippen molar-refractivity contribution >= 4 is 11.8 Å². The first-order valence-electron chi connectivity index (χ1n) is 14.0. The molecule has 196 valence electrons. The lowest BCUT2D eigenvalue weighted by Gasteiger charge is -2.61. The van der Waals surface area contributed by atoms with Gasteiger partial charge in [-0.05, 0) is 80.0 Å². The third-order valence-corrected chi connectivity index (χ3v) is 12.0. The zero-order valence-corrected chi connectivity index (χ0v) is 23.2. The molecule has 0 radical (unpaired) electrons. The van der Waals surface area contributed by atoms with Crippen LogP contribution in [0.5, 0.6) is 0 Å². The molecule has 0 amide bonds. The van der Waals surface area contributed by atoms with E-state index >= 15 is 0 Å². The van der Waals surface area contributed by atoms with Gasteiger partial charge in [0.25, 0.3) is 0 Å². The summed E-state index contributed by atoms with van der Waals surface area (Å²) in [7, 11) is 0. The molecule has 4 aliphatic carbocycles. The first-order chi connectivity index (χ1) is 16.1. The summed E-state index contributed by atoms with van der Waals surface area (Å²) < 4.78 is 0. The van der Waals surface area contributed by atoms with Crippen molar-refractivity contribution in [3.05, 3.63) is 23.3 Å². The maximum absolute atomic E-state index is 12.8. The molecule has 0 spiro atoms. The van der Waals surface area contributed by atoms with Crippen LogP contribution in [0, 0.1) is 45.3 Å². The summed E-state index contributed by atoms with van der Waals surface area (Å²) in [6.45, 7) is 19.6. The molecular formula is C31H48O4. The maximum Gasteiger partial charge on any atom is 0.306 e. The van der Waals surface area contributed by atoms with Gasteiger partial charge >= 0.3 is 5.97 Å². The van der Waals surface area contributed by atoms with Gasteiger partial charge in [-0.15, -0.1) is 0 Å². The largest absolute Gasteiger partial charge is 0.481 e. The molecule has 35 heavy (non-hydrogen) atoms. The number of carboxylic acids is 1. The summed E-state index contributed by atoms with van der Waals surface area (Å²) in [5.41, 5.74) is 3.03. The van der Waals surface area contributed by atoms with Crippen molar-refractivity contribution in [1.29, 1.82) is 0 Å². The summed E-state index contributed by atoms with van der Waals surface area (Å²) in [6.07, 6.45) is 6.66. The van der Waals surface area contributed by atoms with E-state index in [1.165, 1.54) is 11.1 Å². The van der Waals surface area contributed by atoms with E-state index in [9.17, 15) is 19.8 Å². The van der Waals surface area contributed by atoms with Crippen LogP contribution in [0.1, 0.15) is 106 Å². The van der Waals surface area contributed by atoms with Crippen LogP contribution >= 0.6 is 0 Å². The van der Waals surface area contributed by atoms with Gasteiger partial charge in [0.15, 0.2) is 0 Å². The number of hydrogen-bond donors (Lipinski definition) is 2. The minimum atomic E-state index is -0.729. The normalized spacial score (nSPS) is 41.3. The number of hydrogen-bond acceptors (Lipinski definition) is 3. The minimum Gasteiger partial charge on any atom is -0.481 e. The van der Waals surface area contributed by atoms with Gasteiger partial charge in [0.2, 0.25) is 0 Å². The SMILES string of the molecule is C=C(CC[C@@H](C(=O)O)[C@H]1C[C@H](O)[C@@]2(C)C3=C(CC[C@]12C)[C@@]1(C)CCC(=O)C(C)(C)[C@@H]1CC3)C(C)C. The fourth-order valence-corrected chi connectivity index (χ4v) is 9.31. The molecule has 4 aliphatic rings. The quantitative estimate of drug-likeness (QED) is 0.399. The Kier molecular flexibility index (Phi) is 6.52. The van der Waals surface area contributed by atoms with Gasteiger partial charge in [-0.3, -0.25) is 9.59 Å². The van der Waals surface area contributed by atoms with Crippen LogP contribution in [-0.2, 0) is 9.59 Å². The van der Waals surface area contributed by atoms with Crippen molar-refractivity contribution in [2.75, 3.05) is 0 Å². The van der Waals surface area contributed by atoms with Crippen LogP contribution in [0.25, 0.3) is 0 Å². The highest BCUT2D eigenvalue weighted by Gasteiger charge is 2.67. The predicted molar refractivity (Wildman–Crippen MR) is 140 cm³/mol. The van der Waals surface area contributed by atoms with Crippen LogP contribution in [0.2, 0.25) is 0 Å². The van der Waals surface area contributed by atoms with Crippen LogP contribution in [0.15, 0.2) is 23.3 Å². The molecule has 2 fully saturated rings. The van der Waals surface area contributed by atoms with Crippen LogP contribution in [-0.4, -0.2) is 28.1 Å². The van der Waals surface area contributed by atoms with E-state index in [1.54, 1.807) is 0 Å². The van der Waals surface area contributed by atoms with E-state index < -0.39 is 23.4 Å². The first kappa shape index (κ1) is 26.6. The van der Waals surface area contributed by atoms with Crippen LogP contribution in [0.3, 0.4) is 0 Å². The van der Waals surface area contributed by atoms with Crippen LogP contribution < -0.4 is 0 Å². The summed E-state index contributed by atoms with van der Waals surface area (Å²) in [5, 5.41) is 22.0. The monoisotopic (exact) mass is 484 g/mol. The minimum absolute atomic E-state index is 0.00561. The fraction of sp³-hybridized carbons (Fsp3) is 0.806. The second kappa shape index (κ2) is 8.57. The highest BCUT2D eigenvalue weighted by molar-refractivity contribution is 5.85. The van der Waals surface area contributed by atoms with Gasteiger partial charge in [0.05, 0.1) is 12.0 Å². The van der Waals surface area contributed by atoms with E-state index in [4.69, 9.17) is 0 Å². The fourth-order valence-electron chi connectivity index (χ4n) is 9.31. The Balaban J connectivity index is 1.73. The molecular weight excluding hydrogens is 436 g/mol. The third kappa shape index (κ3) is 3.63. The number of Topliss-reactive ketones (excluding diaryl/α,β-unsaturated/α-hetero) is 1.